The molecule has 170 valence electrons. The molecule has 2 aromatic carbocycles. The summed E-state index contributed by atoms with van der Waals surface area (Å²) >= 11 is 1.41. The van der Waals surface area contributed by atoms with Gasteiger partial charge < -0.3 is 19.5 Å². The molecule has 0 bridgehead atoms. The summed E-state index contributed by atoms with van der Waals surface area (Å²) in [4.78, 5) is 0. The van der Waals surface area contributed by atoms with Gasteiger partial charge >= 0.3 is 0 Å². The third-order valence-electron chi connectivity index (χ3n) is 6.03. The van der Waals surface area contributed by atoms with Gasteiger partial charge in [-0.25, -0.2) is 4.39 Å². The van der Waals surface area contributed by atoms with Crippen LogP contribution in [0.3, 0.4) is 0 Å². The number of halogens is 1. The van der Waals surface area contributed by atoms with Gasteiger partial charge in [-0.2, -0.15) is 0 Å². The highest BCUT2D eigenvalue weighted by Gasteiger charge is 2.28. The van der Waals surface area contributed by atoms with Crippen LogP contribution in [0.25, 0.3) is 11.1 Å². The van der Waals surface area contributed by atoms with E-state index in [1.807, 2.05) is 24.3 Å². The molecule has 3 aliphatic rings. The van der Waals surface area contributed by atoms with Crippen molar-refractivity contribution in [2.75, 3.05) is 17.1 Å². The van der Waals surface area contributed by atoms with Gasteiger partial charge in [-0.3, -0.25) is 5.41 Å². The number of fused-ring (bicyclic) bond motifs is 1. The molecule has 1 unspecified atom stereocenters. The molecule has 0 spiro atoms. The first kappa shape index (κ1) is 21.6. The van der Waals surface area contributed by atoms with E-state index in [2.05, 4.69) is 28.2 Å². The van der Waals surface area contributed by atoms with Gasteiger partial charge in [0.05, 0.1) is 29.7 Å². The van der Waals surface area contributed by atoms with Gasteiger partial charge in [0.2, 0.25) is 0 Å². The minimum atomic E-state index is -0.286. The van der Waals surface area contributed by atoms with Crippen molar-refractivity contribution in [3.05, 3.63) is 77.9 Å². The molecule has 1 saturated carbocycles. The highest BCUT2D eigenvalue weighted by molar-refractivity contribution is 8.01. The molecule has 3 N–H and O–H groups in total. The minimum Gasteiger partial charge on any atom is -0.497 e. The predicted molar refractivity (Wildman–Crippen MR) is 134 cm³/mol. The highest BCUT2D eigenvalue weighted by atomic mass is 32.2. The Balaban J connectivity index is 1.30. The van der Waals surface area contributed by atoms with Crippen molar-refractivity contribution in [3.8, 4) is 16.9 Å². The van der Waals surface area contributed by atoms with Crippen molar-refractivity contribution in [2.24, 2.45) is 0 Å². The Morgan fingerprint density at radius 3 is 2.58 bits per heavy atom. The second-order valence-corrected chi connectivity index (χ2v) is 9.33. The summed E-state index contributed by atoms with van der Waals surface area (Å²) in [6.07, 6.45) is 11.3. The summed E-state index contributed by atoms with van der Waals surface area (Å²) in [7, 11) is 1.58. The van der Waals surface area contributed by atoms with Crippen LogP contribution in [0.5, 0.6) is 5.75 Å². The van der Waals surface area contributed by atoms with Gasteiger partial charge in [0.25, 0.3) is 0 Å². The first-order valence-corrected chi connectivity index (χ1v) is 12.0. The van der Waals surface area contributed by atoms with E-state index < -0.39 is 0 Å². The molecule has 0 aromatic heterocycles. The van der Waals surface area contributed by atoms with Gasteiger partial charge in [-0.05, 0) is 97.3 Å². The Kier molecular flexibility index (Phi) is 6.13. The monoisotopic (exact) mass is 463 g/mol. The van der Waals surface area contributed by atoms with E-state index in [4.69, 9.17) is 14.9 Å². The standard InChI is InChI=1S/C26H26FN3O2S/c1-31-21-11-8-18(27)14-22(15-21)33-30-19-9-6-16(7-10-19)17-12-23-25(26(28)29-23)24(13-17)32-20-4-2-3-5-20/h6-15,20,22,30H,2-5H2,1H3,(H2,28,29). The average Bonchev–Trinajstić information content (AvgIpc) is 3.24. The molecule has 0 radical (unpaired) electrons. The highest BCUT2D eigenvalue weighted by Crippen LogP contribution is 2.40. The predicted octanol–water partition coefficient (Wildman–Crippen LogP) is 6.81. The zero-order chi connectivity index (χ0) is 22.8. The maximum atomic E-state index is 13.8. The van der Waals surface area contributed by atoms with Crippen LogP contribution in [0.2, 0.25) is 0 Å². The van der Waals surface area contributed by atoms with E-state index in [9.17, 15) is 4.39 Å². The quantitative estimate of drug-likeness (QED) is 0.394. The molecule has 5 nitrogen and oxygen atoms in total. The first-order valence-electron chi connectivity index (χ1n) is 11.1. The molecule has 1 fully saturated rings. The van der Waals surface area contributed by atoms with E-state index >= 15 is 0 Å². The van der Waals surface area contributed by atoms with E-state index in [0.29, 0.717) is 11.6 Å². The maximum absolute atomic E-state index is 13.8. The van der Waals surface area contributed by atoms with E-state index in [0.717, 1.165) is 46.7 Å². The number of anilines is 2. The van der Waals surface area contributed by atoms with E-state index in [1.54, 1.807) is 19.3 Å². The second-order valence-electron chi connectivity index (χ2n) is 8.34. The Labute approximate surface area is 197 Å². The van der Waals surface area contributed by atoms with Crippen LogP contribution >= 0.6 is 11.9 Å². The summed E-state index contributed by atoms with van der Waals surface area (Å²) in [6.45, 7) is 0. The number of benzene rings is 2. The lowest BCUT2D eigenvalue weighted by atomic mass is 9.96. The van der Waals surface area contributed by atoms with E-state index in [1.165, 1.54) is 30.9 Å². The van der Waals surface area contributed by atoms with Crippen molar-refractivity contribution >= 4 is 29.2 Å². The van der Waals surface area contributed by atoms with Crippen LogP contribution < -0.4 is 14.8 Å². The second kappa shape index (κ2) is 9.35. The SMILES string of the molecule is COC1=CC(SNc2ccc(-c3cc4c(c(OC5CCCC5)c3)C(=N)N4)cc2)C=C(F)C=C1. The molecule has 1 aliphatic heterocycles. The van der Waals surface area contributed by atoms with Crippen molar-refractivity contribution < 1.29 is 13.9 Å². The van der Waals surface area contributed by atoms with Gasteiger partial charge in [-0.1, -0.05) is 12.1 Å². The average molecular weight is 464 g/mol. The van der Waals surface area contributed by atoms with Crippen LogP contribution in [0.15, 0.2) is 72.3 Å². The fourth-order valence-corrected chi connectivity index (χ4v) is 5.07. The normalized spacial score (nSPS) is 19.6. The smallest absolute Gasteiger partial charge is 0.135 e. The third-order valence-corrected chi connectivity index (χ3v) is 6.93. The maximum Gasteiger partial charge on any atom is 0.135 e. The summed E-state index contributed by atoms with van der Waals surface area (Å²) in [5.74, 6) is 1.57. The molecule has 33 heavy (non-hydrogen) atoms. The topological polar surface area (TPSA) is 66.4 Å². The molecule has 1 heterocycles. The molecule has 0 amide bonds. The fraction of sp³-hybridized carbons (Fsp3) is 0.269. The van der Waals surface area contributed by atoms with Crippen LogP contribution in [-0.4, -0.2) is 24.3 Å². The van der Waals surface area contributed by atoms with Gasteiger partial charge in [-0.15, -0.1) is 0 Å². The molecule has 1 atom stereocenters. The van der Waals surface area contributed by atoms with Crippen LogP contribution in [0.4, 0.5) is 15.8 Å². The number of hydrogen-bond donors (Lipinski definition) is 3. The Bertz CT molecular complexity index is 1150. The summed E-state index contributed by atoms with van der Waals surface area (Å²) < 4.78 is 28.7. The zero-order valence-electron chi connectivity index (χ0n) is 18.4. The summed E-state index contributed by atoms with van der Waals surface area (Å²) in [5.41, 5.74) is 4.86. The molecular weight excluding hydrogens is 437 g/mol. The molecule has 2 aliphatic carbocycles. The van der Waals surface area contributed by atoms with Crippen LogP contribution in [0, 0.1) is 5.41 Å². The lowest BCUT2D eigenvalue weighted by Crippen LogP contribution is -2.27. The van der Waals surface area contributed by atoms with Gasteiger partial charge in [0.1, 0.15) is 23.2 Å². The molecule has 5 rings (SSSR count). The fourth-order valence-electron chi connectivity index (χ4n) is 4.26. The van der Waals surface area contributed by atoms with Crippen molar-refractivity contribution in [1.29, 1.82) is 5.41 Å². The van der Waals surface area contributed by atoms with Crippen molar-refractivity contribution in [3.63, 3.8) is 0 Å². The lowest BCUT2D eigenvalue weighted by molar-refractivity contribution is 0.209. The number of rotatable bonds is 7. The lowest BCUT2D eigenvalue weighted by Gasteiger charge is -2.28. The number of amidine groups is 1. The Morgan fingerprint density at radius 2 is 1.85 bits per heavy atom. The molecule has 2 aromatic rings. The van der Waals surface area contributed by atoms with Gasteiger partial charge in [0.15, 0.2) is 0 Å². The largest absolute Gasteiger partial charge is 0.497 e. The van der Waals surface area contributed by atoms with Crippen LogP contribution in [0.1, 0.15) is 31.2 Å². The third kappa shape index (κ3) is 4.78. The number of allylic oxidation sites excluding steroid dienone is 3. The Hall–Kier alpha value is -3.19. The zero-order valence-corrected chi connectivity index (χ0v) is 19.2. The van der Waals surface area contributed by atoms with Gasteiger partial charge in [0, 0.05) is 5.69 Å². The number of ether oxygens (including phenoxy) is 2. The number of hydrogen-bond acceptors (Lipinski definition) is 5. The Morgan fingerprint density at radius 1 is 1.06 bits per heavy atom. The minimum absolute atomic E-state index is 0.195. The van der Waals surface area contributed by atoms with E-state index in [-0.39, 0.29) is 17.2 Å². The van der Waals surface area contributed by atoms with Crippen LogP contribution in [-0.2, 0) is 4.74 Å². The first-order chi connectivity index (χ1) is 16.1. The van der Waals surface area contributed by atoms with Crippen molar-refractivity contribution in [2.45, 2.75) is 37.0 Å². The molecule has 7 heteroatoms. The number of methoxy groups -OCH3 is 1. The van der Waals surface area contributed by atoms with Crippen molar-refractivity contribution in [1.82, 2.24) is 0 Å². The molecular formula is C26H26FN3O2S. The summed E-state index contributed by atoms with van der Waals surface area (Å²) in [6, 6.07) is 12.2. The molecule has 0 saturated heterocycles. The summed E-state index contributed by atoms with van der Waals surface area (Å²) in [5, 5.41) is 10.9. The number of nitrogens with one attached hydrogen (secondary N) is 3.